The van der Waals surface area contributed by atoms with Gasteiger partial charge in [-0.3, -0.25) is 9.59 Å². The van der Waals surface area contributed by atoms with Crippen molar-refractivity contribution >= 4 is 28.3 Å². The fourth-order valence-corrected chi connectivity index (χ4v) is 3.29. The summed E-state index contributed by atoms with van der Waals surface area (Å²) in [6.45, 7) is 2.65. The molecule has 1 unspecified atom stereocenters. The number of likely N-dealkylation sites (tertiary alicyclic amines) is 1. The second-order valence-electron chi connectivity index (χ2n) is 5.60. The molecule has 1 aromatic carbocycles. The Balaban J connectivity index is 1.64. The first kappa shape index (κ1) is 16.4. The molecule has 1 aliphatic heterocycles. The van der Waals surface area contributed by atoms with Crippen LogP contribution in [0.3, 0.4) is 0 Å². The maximum Gasteiger partial charge on any atom is 0.231 e. The highest BCUT2D eigenvalue weighted by Gasteiger charge is 2.34. The number of amides is 2. The predicted octanol–water partition coefficient (Wildman–Crippen LogP) is 1.84. The molecule has 0 radical (unpaired) electrons. The van der Waals surface area contributed by atoms with Crippen molar-refractivity contribution in [1.82, 2.24) is 15.1 Å². The SMILES string of the molecule is COc1ccccc1CN1CC(C(=O)Nc2nnc(C)s2)CC1=O. The number of anilines is 1. The summed E-state index contributed by atoms with van der Waals surface area (Å²) in [4.78, 5) is 26.2. The van der Waals surface area contributed by atoms with Gasteiger partial charge in [-0.2, -0.15) is 0 Å². The lowest BCUT2D eigenvalue weighted by molar-refractivity contribution is -0.128. The third-order valence-electron chi connectivity index (χ3n) is 3.90. The number of methoxy groups -OCH3 is 1. The van der Waals surface area contributed by atoms with Crippen molar-refractivity contribution < 1.29 is 14.3 Å². The minimum atomic E-state index is -0.378. The molecule has 2 aromatic rings. The largest absolute Gasteiger partial charge is 0.496 e. The lowest BCUT2D eigenvalue weighted by Gasteiger charge is -2.18. The van der Waals surface area contributed by atoms with Crippen molar-refractivity contribution in [1.29, 1.82) is 0 Å². The van der Waals surface area contributed by atoms with E-state index in [0.29, 0.717) is 18.2 Å². The Morgan fingerprint density at radius 1 is 1.42 bits per heavy atom. The van der Waals surface area contributed by atoms with Gasteiger partial charge in [0.15, 0.2) is 0 Å². The topological polar surface area (TPSA) is 84.4 Å². The van der Waals surface area contributed by atoms with Crippen LogP contribution in [0.4, 0.5) is 5.13 Å². The van der Waals surface area contributed by atoms with Gasteiger partial charge in [0.05, 0.1) is 13.0 Å². The van der Waals surface area contributed by atoms with Crippen LogP contribution in [-0.4, -0.2) is 40.6 Å². The molecular formula is C16H18N4O3S. The molecule has 0 saturated carbocycles. The summed E-state index contributed by atoms with van der Waals surface area (Å²) in [5, 5.41) is 11.7. The lowest BCUT2D eigenvalue weighted by Crippen LogP contribution is -2.28. The summed E-state index contributed by atoms with van der Waals surface area (Å²) in [5.74, 6) is 0.135. The first-order valence-corrected chi connectivity index (χ1v) is 8.39. The van der Waals surface area contributed by atoms with E-state index in [-0.39, 0.29) is 24.2 Å². The molecule has 1 aromatic heterocycles. The number of rotatable bonds is 5. The van der Waals surface area contributed by atoms with Crippen molar-refractivity contribution in [2.45, 2.75) is 19.9 Å². The normalized spacial score (nSPS) is 17.2. The highest BCUT2D eigenvalue weighted by Crippen LogP contribution is 2.25. The van der Waals surface area contributed by atoms with Crippen molar-refractivity contribution in [3.05, 3.63) is 34.8 Å². The number of carbonyl (C=O) groups excluding carboxylic acids is 2. The quantitative estimate of drug-likeness (QED) is 0.893. The molecule has 1 aliphatic rings. The van der Waals surface area contributed by atoms with E-state index in [2.05, 4.69) is 15.5 Å². The van der Waals surface area contributed by atoms with Gasteiger partial charge in [0.25, 0.3) is 0 Å². The van der Waals surface area contributed by atoms with Crippen molar-refractivity contribution in [2.75, 3.05) is 19.0 Å². The number of aromatic nitrogens is 2. The van der Waals surface area contributed by atoms with E-state index in [1.165, 1.54) is 11.3 Å². The van der Waals surface area contributed by atoms with Crippen LogP contribution in [0.25, 0.3) is 0 Å². The molecule has 1 N–H and O–H groups in total. The first-order chi connectivity index (χ1) is 11.6. The number of hydrogen-bond donors (Lipinski definition) is 1. The highest BCUT2D eigenvalue weighted by molar-refractivity contribution is 7.15. The van der Waals surface area contributed by atoms with E-state index >= 15 is 0 Å². The Hall–Kier alpha value is -2.48. The summed E-state index contributed by atoms with van der Waals surface area (Å²) in [7, 11) is 1.60. The maximum absolute atomic E-state index is 12.3. The van der Waals surface area contributed by atoms with Gasteiger partial charge in [-0.15, -0.1) is 10.2 Å². The molecule has 0 spiro atoms. The van der Waals surface area contributed by atoms with Gasteiger partial charge in [0, 0.05) is 25.1 Å². The Bertz CT molecular complexity index is 761. The zero-order chi connectivity index (χ0) is 17.1. The average molecular weight is 346 g/mol. The molecule has 2 amide bonds. The van der Waals surface area contributed by atoms with E-state index in [1.54, 1.807) is 12.0 Å². The number of benzene rings is 1. The van der Waals surface area contributed by atoms with Crippen LogP contribution < -0.4 is 10.1 Å². The molecule has 3 rings (SSSR count). The van der Waals surface area contributed by atoms with E-state index in [4.69, 9.17) is 4.74 Å². The minimum absolute atomic E-state index is 0.0329. The van der Waals surface area contributed by atoms with E-state index < -0.39 is 0 Å². The molecule has 7 nitrogen and oxygen atoms in total. The maximum atomic E-state index is 12.3. The molecule has 0 bridgehead atoms. The number of ether oxygens (including phenoxy) is 1. The predicted molar refractivity (Wildman–Crippen MR) is 89.8 cm³/mol. The summed E-state index contributed by atoms with van der Waals surface area (Å²) in [6, 6.07) is 7.57. The van der Waals surface area contributed by atoms with Gasteiger partial charge in [-0.25, -0.2) is 0 Å². The molecule has 24 heavy (non-hydrogen) atoms. The average Bonchev–Trinajstić information content (AvgIpc) is 3.14. The van der Waals surface area contributed by atoms with Crippen LogP contribution in [0.5, 0.6) is 5.75 Å². The van der Waals surface area contributed by atoms with Crippen LogP contribution in [0.2, 0.25) is 0 Å². The summed E-state index contributed by atoms with van der Waals surface area (Å²) in [5.41, 5.74) is 0.925. The van der Waals surface area contributed by atoms with Gasteiger partial charge < -0.3 is 15.0 Å². The van der Waals surface area contributed by atoms with Crippen LogP contribution in [0.1, 0.15) is 17.0 Å². The van der Waals surface area contributed by atoms with E-state index in [1.807, 2.05) is 31.2 Å². The van der Waals surface area contributed by atoms with Gasteiger partial charge in [-0.05, 0) is 13.0 Å². The lowest BCUT2D eigenvalue weighted by atomic mass is 10.1. The van der Waals surface area contributed by atoms with Gasteiger partial charge in [0.2, 0.25) is 16.9 Å². The van der Waals surface area contributed by atoms with Crippen molar-refractivity contribution in [3.8, 4) is 5.75 Å². The van der Waals surface area contributed by atoms with Crippen molar-refractivity contribution in [3.63, 3.8) is 0 Å². The molecule has 1 atom stereocenters. The first-order valence-electron chi connectivity index (χ1n) is 7.57. The molecule has 126 valence electrons. The molecule has 0 aliphatic carbocycles. The standard InChI is InChI=1S/C16H18N4O3S/c1-10-18-19-16(24-10)17-15(22)12-7-14(21)20(9-12)8-11-5-3-4-6-13(11)23-2/h3-6,12H,7-9H2,1-2H3,(H,17,19,22). The van der Waals surface area contributed by atoms with Crippen LogP contribution in [0, 0.1) is 12.8 Å². The minimum Gasteiger partial charge on any atom is -0.496 e. The Kier molecular flexibility index (Phi) is 4.75. The van der Waals surface area contributed by atoms with Gasteiger partial charge in [-0.1, -0.05) is 29.5 Å². The number of carbonyl (C=O) groups is 2. The number of hydrogen-bond acceptors (Lipinski definition) is 6. The molecule has 1 saturated heterocycles. The second kappa shape index (κ2) is 6.96. The third-order valence-corrected chi connectivity index (χ3v) is 4.65. The number of nitrogens with zero attached hydrogens (tertiary/aromatic N) is 3. The Morgan fingerprint density at radius 2 is 2.21 bits per heavy atom. The molecule has 1 fully saturated rings. The number of aryl methyl sites for hydroxylation is 1. The molecule has 8 heteroatoms. The van der Waals surface area contributed by atoms with Crippen LogP contribution in [-0.2, 0) is 16.1 Å². The summed E-state index contributed by atoms with van der Waals surface area (Å²) < 4.78 is 5.32. The Labute approximate surface area is 143 Å². The van der Waals surface area contributed by atoms with Gasteiger partial charge >= 0.3 is 0 Å². The monoisotopic (exact) mass is 346 g/mol. The fraction of sp³-hybridized carbons (Fsp3) is 0.375. The smallest absolute Gasteiger partial charge is 0.231 e. The van der Waals surface area contributed by atoms with Gasteiger partial charge in [0.1, 0.15) is 10.8 Å². The second-order valence-corrected chi connectivity index (χ2v) is 6.78. The summed E-state index contributed by atoms with van der Waals surface area (Å²) >= 11 is 1.31. The molecular weight excluding hydrogens is 328 g/mol. The molecule has 2 heterocycles. The Morgan fingerprint density at radius 3 is 2.92 bits per heavy atom. The van der Waals surface area contributed by atoms with Crippen LogP contribution in [0.15, 0.2) is 24.3 Å². The van der Waals surface area contributed by atoms with E-state index in [9.17, 15) is 9.59 Å². The number of nitrogens with one attached hydrogen (secondary N) is 1. The van der Waals surface area contributed by atoms with Crippen molar-refractivity contribution in [2.24, 2.45) is 5.92 Å². The third kappa shape index (κ3) is 3.53. The fourth-order valence-electron chi connectivity index (χ4n) is 2.69. The summed E-state index contributed by atoms with van der Waals surface area (Å²) in [6.07, 6.45) is 0.207. The zero-order valence-electron chi connectivity index (χ0n) is 13.5. The van der Waals surface area contributed by atoms with E-state index in [0.717, 1.165) is 16.3 Å². The highest BCUT2D eigenvalue weighted by atomic mass is 32.1. The number of para-hydroxylation sites is 1. The zero-order valence-corrected chi connectivity index (χ0v) is 14.3. The van der Waals surface area contributed by atoms with Crippen LogP contribution >= 0.6 is 11.3 Å².